The Kier molecular flexibility index (Phi) is 2.54. The van der Waals surface area contributed by atoms with Crippen LogP contribution in [-0.2, 0) is 4.79 Å². The van der Waals surface area contributed by atoms with Gasteiger partial charge in [0, 0.05) is 6.92 Å². The third kappa shape index (κ3) is 1.88. The quantitative estimate of drug-likeness (QED) is 0.524. The van der Waals surface area contributed by atoms with Crippen LogP contribution in [0.25, 0.3) is 0 Å². The van der Waals surface area contributed by atoms with Crippen LogP contribution in [-0.4, -0.2) is 22.0 Å². The van der Waals surface area contributed by atoms with E-state index in [9.17, 15) is 10.0 Å². The molecule has 0 aromatic carbocycles. The molecule has 0 aliphatic heterocycles. The summed E-state index contributed by atoms with van der Waals surface area (Å²) in [5.41, 5.74) is 0.279. The summed E-state index contributed by atoms with van der Waals surface area (Å²) in [5.74, 6) is -1.09. The lowest BCUT2D eigenvalue weighted by molar-refractivity contribution is -0.807. The molecule has 1 aromatic rings. The molecule has 0 saturated heterocycles. The Balaban J connectivity index is 2.63. The van der Waals surface area contributed by atoms with Gasteiger partial charge in [0.2, 0.25) is 5.69 Å². The Labute approximate surface area is 71.7 Å². The van der Waals surface area contributed by atoms with Crippen molar-refractivity contribution >= 4 is 17.7 Å². The van der Waals surface area contributed by atoms with Crippen LogP contribution in [0.5, 0.6) is 0 Å². The number of nitrogens with zero attached hydrogens (tertiary/aromatic N) is 2. The number of hydrogen-bond donors (Lipinski definition) is 1. The standard InChI is InChI=1S/C5H6N2O4S/c1-3-5(6-11-7(3)10)12-2-4(8)9/h2H2,1H3,(H,8,9). The van der Waals surface area contributed by atoms with Gasteiger partial charge in [-0.05, 0) is 4.90 Å². The van der Waals surface area contributed by atoms with Crippen molar-refractivity contribution in [1.82, 2.24) is 5.16 Å². The first-order valence-electron chi connectivity index (χ1n) is 3.02. The van der Waals surface area contributed by atoms with Gasteiger partial charge in [0.1, 0.15) is 0 Å². The average Bonchev–Trinajstić information content (AvgIpc) is 2.30. The molecule has 0 amide bonds. The molecule has 0 radical (unpaired) electrons. The average molecular weight is 190 g/mol. The molecule has 1 aromatic heterocycles. The molecule has 0 bridgehead atoms. The fourth-order valence-electron chi connectivity index (χ4n) is 0.540. The second-order valence-corrected chi connectivity index (χ2v) is 2.97. The monoisotopic (exact) mass is 190 g/mol. The maximum atomic E-state index is 10.6. The van der Waals surface area contributed by atoms with Gasteiger partial charge in [0.05, 0.1) is 10.9 Å². The van der Waals surface area contributed by atoms with Crippen molar-refractivity contribution < 1.29 is 19.4 Å². The van der Waals surface area contributed by atoms with Crippen LogP contribution in [0.1, 0.15) is 5.69 Å². The van der Waals surface area contributed by atoms with Crippen LogP contribution >= 0.6 is 11.8 Å². The minimum Gasteiger partial charge on any atom is -0.481 e. The fraction of sp³-hybridized carbons (Fsp3) is 0.400. The molecule has 0 saturated carbocycles. The Hall–Kier alpha value is -1.24. The van der Waals surface area contributed by atoms with Crippen molar-refractivity contribution in [2.24, 2.45) is 0 Å². The van der Waals surface area contributed by atoms with Gasteiger partial charge in [-0.2, -0.15) is 0 Å². The van der Waals surface area contributed by atoms with E-state index in [-0.39, 0.29) is 16.3 Å². The Morgan fingerprint density at radius 1 is 1.92 bits per heavy atom. The summed E-state index contributed by atoms with van der Waals surface area (Å²) in [4.78, 5) is 10.4. The molecule has 0 unspecified atom stereocenters. The van der Waals surface area contributed by atoms with Crippen LogP contribution in [0.3, 0.4) is 0 Å². The number of rotatable bonds is 3. The number of aromatic nitrogens is 2. The number of carboxylic acid groups (broad SMARTS) is 1. The summed E-state index contributed by atoms with van der Waals surface area (Å²) >= 11 is 0.951. The molecular formula is C5H6N2O4S. The van der Waals surface area contributed by atoms with Crippen LogP contribution < -0.4 is 4.90 Å². The van der Waals surface area contributed by atoms with E-state index in [0.29, 0.717) is 5.03 Å². The van der Waals surface area contributed by atoms with Crippen molar-refractivity contribution in [1.29, 1.82) is 0 Å². The van der Waals surface area contributed by atoms with E-state index in [1.165, 1.54) is 6.92 Å². The first kappa shape index (κ1) is 8.85. The molecule has 7 heteroatoms. The van der Waals surface area contributed by atoms with Crippen molar-refractivity contribution in [3.63, 3.8) is 0 Å². The maximum Gasteiger partial charge on any atom is 0.313 e. The Morgan fingerprint density at radius 2 is 2.58 bits per heavy atom. The molecule has 0 aliphatic rings. The molecule has 6 nitrogen and oxygen atoms in total. The van der Waals surface area contributed by atoms with Gasteiger partial charge in [-0.25, -0.2) is 0 Å². The summed E-state index contributed by atoms with van der Waals surface area (Å²) in [6, 6.07) is 0. The SMILES string of the molecule is Cc1c(SCC(=O)O)no[n+]1[O-]. The molecule has 0 fully saturated rings. The van der Waals surface area contributed by atoms with E-state index in [2.05, 4.69) is 9.79 Å². The molecule has 1 rings (SSSR count). The zero-order valence-electron chi connectivity index (χ0n) is 6.18. The number of carbonyl (C=O) groups is 1. The summed E-state index contributed by atoms with van der Waals surface area (Å²) < 4.78 is 4.22. The second kappa shape index (κ2) is 3.44. The molecule has 1 N–H and O–H groups in total. The Bertz CT molecular complexity index is 298. The molecule has 0 atom stereocenters. The van der Waals surface area contributed by atoms with Crippen LogP contribution in [0.15, 0.2) is 9.65 Å². The normalized spacial score (nSPS) is 10.1. The van der Waals surface area contributed by atoms with E-state index >= 15 is 0 Å². The van der Waals surface area contributed by atoms with E-state index in [4.69, 9.17) is 5.11 Å². The van der Waals surface area contributed by atoms with Crippen molar-refractivity contribution in [3.05, 3.63) is 10.9 Å². The van der Waals surface area contributed by atoms with Crippen LogP contribution in [0.4, 0.5) is 0 Å². The van der Waals surface area contributed by atoms with Gasteiger partial charge >= 0.3 is 5.97 Å². The zero-order valence-corrected chi connectivity index (χ0v) is 7.00. The van der Waals surface area contributed by atoms with Gasteiger partial charge < -0.3 is 10.3 Å². The highest BCUT2D eigenvalue weighted by Crippen LogP contribution is 2.16. The minimum atomic E-state index is -0.958. The number of carboxylic acids is 1. The third-order valence-corrected chi connectivity index (χ3v) is 2.15. The molecule has 0 aliphatic carbocycles. The first-order valence-corrected chi connectivity index (χ1v) is 4.00. The van der Waals surface area contributed by atoms with Gasteiger partial charge in [0.15, 0.2) is 0 Å². The van der Waals surface area contributed by atoms with E-state index in [1.807, 2.05) is 0 Å². The van der Waals surface area contributed by atoms with Crippen LogP contribution in [0, 0.1) is 12.1 Å². The highest BCUT2D eigenvalue weighted by Gasteiger charge is 2.15. The van der Waals surface area contributed by atoms with Crippen molar-refractivity contribution in [2.45, 2.75) is 11.9 Å². The predicted molar refractivity (Wildman–Crippen MR) is 38.6 cm³/mol. The van der Waals surface area contributed by atoms with Crippen LogP contribution in [0.2, 0.25) is 0 Å². The molecule has 12 heavy (non-hydrogen) atoms. The topological polar surface area (TPSA) is 90.3 Å². The summed E-state index contributed by atoms with van der Waals surface area (Å²) in [7, 11) is 0. The minimum absolute atomic E-state index is 0.132. The van der Waals surface area contributed by atoms with E-state index in [1.54, 1.807) is 0 Å². The summed E-state index contributed by atoms with van der Waals surface area (Å²) in [6.07, 6.45) is 0. The fourth-order valence-corrected chi connectivity index (χ4v) is 1.17. The van der Waals surface area contributed by atoms with Crippen molar-refractivity contribution in [2.75, 3.05) is 5.75 Å². The van der Waals surface area contributed by atoms with E-state index in [0.717, 1.165) is 11.8 Å². The van der Waals surface area contributed by atoms with Gasteiger partial charge in [-0.1, -0.05) is 11.8 Å². The van der Waals surface area contributed by atoms with E-state index < -0.39 is 5.97 Å². The zero-order chi connectivity index (χ0) is 9.14. The highest BCUT2D eigenvalue weighted by atomic mass is 32.2. The highest BCUT2D eigenvalue weighted by molar-refractivity contribution is 7.99. The van der Waals surface area contributed by atoms with Gasteiger partial charge in [-0.3, -0.25) is 9.42 Å². The van der Waals surface area contributed by atoms with Crippen molar-refractivity contribution in [3.8, 4) is 0 Å². The lowest BCUT2D eigenvalue weighted by Gasteiger charge is -1.87. The largest absolute Gasteiger partial charge is 0.481 e. The third-order valence-electron chi connectivity index (χ3n) is 1.11. The smallest absolute Gasteiger partial charge is 0.313 e. The summed E-state index contributed by atoms with van der Waals surface area (Å²) in [6.45, 7) is 1.51. The lowest BCUT2D eigenvalue weighted by atomic mass is 10.6. The molecule has 0 spiro atoms. The second-order valence-electron chi connectivity index (χ2n) is 2.00. The summed E-state index contributed by atoms with van der Waals surface area (Å²) in [5, 5.41) is 22.6. The molecule has 1 heterocycles. The van der Waals surface area contributed by atoms with Gasteiger partial charge in [0.25, 0.3) is 5.03 Å². The number of thioether (sulfide) groups is 1. The maximum absolute atomic E-state index is 10.6. The first-order chi connectivity index (χ1) is 5.61. The Morgan fingerprint density at radius 3 is 3.00 bits per heavy atom. The lowest BCUT2D eigenvalue weighted by Crippen LogP contribution is -2.25. The van der Waals surface area contributed by atoms with Gasteiger partial charge in [-0.15, -0.1) is 0 Å². The number of aliphatic carboxylic acids is 1. The molecule has 66 valence electrons. The molecular weight excluding hydrogens is 184 g/mol. The predicted octanol–water partition coefficient (Wildman–Crippen LogP) is -0.207. The number of hydrogen-bond acceptors (Lipinski definition) is 5.